The first-order chi connectivity index (χ1) is 10.2. The smallest absolute Gasteiger partial charge is 0.119 e. The van der Waals surface area contributed by atoms with Crippen LogP contribution < -0.4 is 16.0 Å². The molecule has 0 bridgehead atoms. The zero-order chi connectivity index (χ0) is 15.2. The molecule has 0 amide bonds. The average Bonchev–Trinajstić information content (AvgIpc) is 2.90. The predicted octanol–water partition coefficient (Wildman–Crippen LogP) is 2.83. The van der Waals surface area contributed by atoms with Crippen LogP contribution in [0.25, 0.3) is 0 Å². The van der Waals surface area contributed by atoms with Crippen molar-refractivity contribution in [2.45, 2.75) is 45.8 Å². The minimum Gasteiger partial charge on any atom is -0.491 e. The molecule has 21 heavy (non-hydrogen) atoms. The number of rotatable bonds is 7. The number of aromatic nitrogens is 2. The van der Waals surface area contributed by atoms with Crippen LogP contribution in [0.2, 0.25) is 0 Å². The third-order valence-electron chi connectivity index (χ3n) is 3.09. The Morgan fingerprint density at radius 3 is 2.57 bits per heavy atom. The number of ether oxygens (including phenoxy) is 1. The summed E-state index contributed by atoms with van der Waals surface area (Å²) >= 11 is 1.40. The van der Waals surface area contributed by atoms with E-state index in [1.165, 1.54) is 11.5 Å². The van der Waals surface area contributed by atoms with Crippen molar-refractivity contribution in [3.63, 3.8) is 0 Å². The summed E-state index contributed by atoms with van der Waals surface area (Å²) in [5, 5.41) is 4.21. The van der Waals surface area contributed by atoms with Crippen molar-refractivity contribution in [3.8, 4) is 5.75 Å². The van der Waals surface area contributed by atoms with E-state index in [0.717, 1.165) is 34.7 Å². The van der Waals surface area contributed by atoms with Gasteiger partial charge in [-0.2, -0.15) is 0 Å². The third kappa shape index (κ3) is 4.00. The number of benzene rings is 1. The predicted molar refractivity (Wildman–Crippen MR) is 85.3 cm³/mol. The highest BCUT2D eigenvalue weighted by Crippen LogP contribution is 2.28. The molecule has 2 rings (SSSR count). The highest BCUT2D eigenvalue weighted by molar-refractivity contribution is 7.05. The molecule has 6 heteroatoms. The highest BCUT2D eigenvalue weighted by Gasteiger charge is 2.19. The lowest BCUT2D eigenvalue weighted by Gasteiger charge is -2.16. The van der Waals surface area contributed by atoms with E-state index in [2.05, 4.69) is 21.9 Å². The van der Waals surface area contributed by atoms with Gasteiger partial charge >= 0.3 is 0 Å². The Bertz CT molecular complexity index is 553. The van der Waals surface area contributed by atoms with Crippen molar-refractivity contribution in [2.24, 2.45) is 5.84 Å². The van der Waals surface area contributed by atoms with Crippen LogP contribution in [-0.2, 0) is 6.42 Å². The van der Waals surface area contributed by atoms with Crippen LogP contribution in [-0.4, -0.2) is 15.7 Å². The van der Waals surface area contributed by atoms with E-state index >= 15 is 0 Å². The van der Waals surface area contributed by atoms with Gasteiger partial charge in [0.1, 0.15) is 5.75 Å². The van der Waals surface area contributed by atoms with E-state index in [1.54, 1.807) is 0 Å². The fourth-order valence-corrected chi connectivity index (χ4v) is 2.96. The Labute approximate surface area is 129 Å². The monoisotopic (exact) mass is 306 g/mol. The standard InChI is InChI=1S/C15H22N4OS/c1-4-5-13-15(21-19-18-13)14(17-16)11-6-8-12(9-7-11)20-10(2)3/h6-10,14,17H,4-5,16H2,1-3H3. The topological polar surface area (TPSA) is 73.1 Å². The summed E-state index contributed by atoms with van der Waals surface area (Å²) < 4.78 is 9.73. The van der Waals surface area contributed by atoms with Crippen LogP contribution >= 0.6 is 11.5 Å². The first kappa shape index (κ1) is 15.9. The Balaban J connectivity index is 2.22. The van der Waals surface area contributed by atoms with E-state index in [0.29, 0.717) is 0 Å². The number of nitrogens with two attached hydrogens (primary N) is 1. The summed E-state index contributed by atoms with van der Waals surface area (Å²) in [5.41, 5.74) is 4.97. The van der Waals surface area contributed by atoms with Gasteiger partial charge in [-0.25, -0.2) is 5.43 Å². The summed E-state index contributed by atoms with van der Waals surface area (Å²) in [4.78, 5) is 1.08. The molecule has 0 saturated heterocycles. The van der Waals surface area contributed by atoms with E-state index in [9.17, 15) is 0 Å². The summed E-state index contributed by atoms with van der Waals surface area (Å²) in [6.07, 6.45) is 2.12. The Morgan fingerprint density at radius 1 is 1.29 bits per heavy atom. The van der Waals surface area contributed by atoms with Crippen LogP contribution in [0.5, 0.6) is 5.75 Å². The fraction of sp³-hybridized carbons (Fsp3) is 0.467. The van der Waals surface area contributed by atoms with Crippen LogP contribution in [0, 0.1) is 0 Å². The molecule has 1 unspecified atom stereocenters. The van der Waals surface area contributed by atoms with Gasteiger partial charge in [-0.15, -0.1) is 5.10 Å². The van der Waals surface area contributed by atoms with Gasteiger partial charge in [0.05, 0.1) is 22.7 Å². The van der Waals surface area contributed by atoms with Crippen molar-refractivity contribution in [1.82, 2.24) is 15.0 Å². The van der Waals surface area contributed by atoms with Gasteiger partial charge in [-0.3, -0.25) is 5.84 Å². The SMILES string of the molecule is CCCc1nnsc1C(NN)c1ccc(OC(C)C)cc1. The van der Waals surface area contributed by atoms with Crippen molar-refractivity contribution in [3.05, 3.63) is 40.4 Å². The minimum absolute atomic E-state index is 0.0837. The third-order valence-corrected chi connectivity index (χ3v) is 3.92. The molecule has 0 aliphatic rings. The first-order valence-corrected chi connectivity index (χ1v) is 7.96. The van der Waals surface area contributed by atoms with Gasteiger partial charge < -0.3 is 4.74 Å². The van der Waals surface area contributed by atoms with E-state index in [-0.39, 0.29) is 12.1 Å². The Kier molecular flexibility index (Phi) is 5.67. The van der Waals surface area contributed by atoms with Gasteiger partial charge in [0.2, 0.25) is 0 Å². The van der Waals surface area contributed by atoms with Crippen molar-refractivity contribution in [1.29, 1.82) is 0 Å². The lowest BCUT2D eigenvalue weighted by Crippen LogP contribution is -2.29. The van der Waals surface area contributed by atoms with Crippen molar-refractivity contribution < 1.29 is 4.74 Å². The van der Waals surface area contributed by atoms with Crippen molar-refractivity contribution >= 4 is 11.5 Å². The zero-order valence-corrected chi connectivity index (χ0v) is 13.5. The van der Waals surface area contributed by atoms with Gasteiger partial charge in [0.15, 0.2) is 0 Å². The second-order valence-corrected chi connectivity index (χ2v) is 5.95. The van der Waals surface area contributed by atoms with E-state index in [4.69, 9.17) is 10.6 Å². The van der Waals surface area contributed by atoms with Crippen LogP contribution in [0.1, 0.15) is 49.4 Å². The molecule has 0 aliphatic heterocycles. The Morgan fingerprint density at radius 2 is 2.00 bits per heavy atom. The maximum Gasteiger partial charge on any atom is 0.119 e. The number of hydrazine groups is 1. The fourth-order valence-electron chi connectivity index (χ4n) is 2.18. The molecule has 5 nitrogen and oxygen atoms in total. The lowest BCUT2D eigenvalue weighted by atomic mass is 10.0. The normalized spacial score (nSPS) is 12.6. The quantitative estimate of drug-likeness (QED) is 0.608. The molecule has 0 radical (unpaired) electrons. The molecule has 1 aromatic heterocycles. The number of nitrogens with zero attached hydrogens (tertiary/aromatic N) is 2. The Hall–Kier alpha value is -1.50. The number of hydrogen-bond donors (Lipinski definition) is 2. The molecule has 2 aromatic rings. The second kappa shape index (κ2) is 7.49. The zero-order valence-electron chi connectivity index (χ0n) is 12.7. The number of hydrogen-bond acceptors (Lipinski definition) is 6. The van der Waals surface area contributed by atoms with Crippen LogP contribution in [0.4, 0.5) is 0 Å². The largest absolute Gasteiger partial charge is 0.491 e. The molecule has 0 fully saturated rings. The first-order valence-electron chi connectivity index (χ1n) is 7.19. The highest BCUT2D eigenvalue weighted by atomic mass is 32.1. The molecule has 1 heterocycles. The molecule has 1 aromatic carbocycles. The summed E-state index contributed by atoms with van der Waals surface area (Å²) in [6, 6.07) is 7.90. The van der Waals surface area contributed by atoms with Crippen LogP contribution in [0.15, 0.2) is 24.3 Å². The van der Waals surface area contributed by atoms with E-state index < -0.39 is 0 Å². The summed E-state index contributed by atoms with van der Waals surface area (Å²) in [7, 11) is 0. The van der Waals surface area contributed by atoms with Crippen LogP contribution in [0.3, 0.4) is 0 Å². The summed E-state index contributed by atoms with van der Waals surface area (Å²) in [5.74, 6) is 6.61. The molecule has 0 aliphatic carbocycles. The lowest BCUT2D eigenvalue weighted by molar-refractivity contribution is 0.242. The number of aryl methyl sites for hydroxylation is 1. The minimum atomic E-state index is -0.0837. The molecule has 0 spiro atoms. The maximum atomic E-state index is 5.75. The number of nitrogens with one attached hydrogen (secondary N) is 1. The average molecular weight is 306 g/mol. The van der Waals surface area contributed by atoms with Gasteiger partial charge in [-0.1, -0.05) is 30.0 Å². The summed E-state index contributed by atoms with van der Waals surface area (Å²) in [6.45, 7) is 6.16. The van der Waals surface area contributed by atoms with Gasteiger partial charge in [-0.05, 0) is 49.5 Å². The van der Waals surface area contributed by atoms with Gasteiger partial charge in [0, 0.05) is 0 Å². The maximum absolute atomic E-state index is 5.75. The molecule has 3 N–H and O–H groups in total. The molecular formula is C15H22N4OS. The van der Waals surface area contributed by atoms with Crippen molar-refractivity contribution in [2.75, 3.05) is 0 Å². The van der Waals surface area contributed by atoms with Gasteiger partial charge in [0.25, 0.3) is 0 Å². The molecule has 114 valence electrons. The second-order valence-electron chi connectivity index (χ2n) is 5.17. The molecule has 1 atom stereocenters. The van der Waals surface area contributed by atoms with E-state index in [1.807, 2.05) is 38.1 Å². The molecular weight excluding hydrogens is 284 g/mol. The molecule has 0 saturated carbocycles.